The van der Waals surface area contributed by atoms with Crippen molar-refractivity contribution in [3.05, 3.63) is 35.3 Å². The molecular weight excluding hydrogens is 503 g/mol. The smallest absolute Gasteiger partial charge is 0.226 e. The number of carbonyl (C=O) groups excluding carboxylic acids is 1. The van der Waals surface area contributed by atoms with Gasteiger partial charge in [0.1, 0.15) is 18.2 Å². The summed E-state index contributed by atoms with van der Waals surface area (Å²) in [6.07, 6.45) is 5.89. The second-order valence-electron chi connectivity index (χ2n) is 9.88. The van der Waals surface area contributed by atoms with E-state index in [0.29, 0.717) is 30.4 Å². The minimum Gasteiger partial charge on any atom is -0.487 e. The first kappa shape index (κ1) is 31.1. The number of H-pyrrole nitrogens is 1. The first-order valence-corrected chi connectivity index (χ1v) is 11.6. The lowest BCUT2D eigenvalue weighted by atomic mass is 9.84. The van der Waals surface area contributed by atoms with Crippen molar-refractivity contribution in [3.63, 3.8) is 0 Å². The molecule has 3 aliphatic rings. The molecule has 192 valence electrons. The minimum absolute atomic E-state index is 0. The number of benzene rings is 1. The molecule has 0 unspecified atom stereocenters. The Bertz CT molecular complexity index is 981. The van der Waals surface area contributed by atoms with Crippen LogP contribution in [0.5, 0.6) is 5.75 Å². The van der Waals surface area contributed by atoms with Crippen LogP contribution in [0.3, 0.4) is 0 Å². The van der Waals surface area contributed by atoms with Crippen molar-refractivity contribution in [2.45, 2.75) is 78.5 Å². The molecule has 1 saturated carbocycles. The zero-order valence-corrected chi connectivity index (χ0v) is 24.6. The molecule has 0 radical (unpaired) electrons. The maximum absolute atomic E-state index is 13.6. The largest absolute Gasteiger partial charge is 0.487 e. The molecule has 1 aromatic heterocycles. The molecule has 2 aliphatic heterocycles. The first-order chi connectivity index (χ1) is 14.4. The molecule has 9 heteroatoms. The number of nitrogens with zero attached hydrogens (tertiary/aromatic N) is 2. The summed E-state index contributed by atoms with van der Waals surface area (Å²) in [5, 5.41) is 0. The number of nitrogens with one attached hydrogen (secondary N) is 1. The summed E-state index contributed by atoms with van der Waals surface area (Å²) < 4.78 is 5.99. The molecule has 1 aromatic carbocycles. The zero-order chi connectivity index (χ0) is 21.0. The Balaban J connectivity index is 0.00000144. The summed E-state index contributed by atoms with van der Waals surface area (Å²) in [5.41, 5.74) is 4.26. The Morgan fingerprint density at radius 2 is 1.82 bits per heavy atom. The van der Waals surface area contributed by atoms with Crippen molar-refractivity contribution < 1.29 is 9.53 Å². The molecule has 5 nitrogen and oxygen atoms in total. The average molecular weight is 544 g/mol. The summed E-state index contributed by atoms with van der Waals surface area (Å²) in [6.45, 7) is 8.96. The fourth-order valence-electron chi connectivity index (χ4n) is 5.55. The van der Waals surface area contributed by atoms with Gasteiger partial charge in [0.05, 0.1) is 17.4 Å². The van der Waals surface area contributed by atoms with Crippen LogP contribution in [-0.4, -0.2) is 26.8 Å². The summed E-state index contributed by atoms with van der Waals surface area (Å²) in [4.78, 5) is 24.4. The molecule has 1 N–H and O–H groups in total. The van der Waals surface area contributed by atoms with Gasteiger partial charge in [0, 0.05) is 17.5 Å². The number of amides is 1. The van der Waals surface area contributed by atoms with Crippen molar-refractivity contribution in [2.24, 2.45) is 17.8 Å². The highest BCUT2D eigenvalue weighted by molar-refractivity contribution is 7.59. The van der Waals surface area contributed by atoms with Crippen LogP contribution in [0.25, 0.3) is 11.3 Å². The van der Waals surface area contributed by atoms with Crippen molar-refractivity contribution in [3.8, 4) is 17.0 Å². The number of hydrogen-bond acceptors (Lipinski definition) is 3. The molecule has 4 atom stereocenters. The highest BCUT2D eigenvalue weighted by Crippen LogP contribution is 2.47. The minimum atomic E-state index is 0. The topological polar surface area (TPSA) is 58.2 Å². The van der Waals surface area contributed by atoms with Gasteiger partial charge in [-0.25, -0.2) is 4.98 Å². The highest BCUT2D eigenvalue weighted by atomic mass is 32.1. The SMILES string of the molecule is Cc1ccc2c(c1)OCc1[nH]c([C@@H]3C[C@@H]4CCCC[C@@H]4N3C(=O)[C@@H](C)C(C)C)nc1-2.S.S.S.S. The fourth-order valence-corrected chi connectivity index (χ4v) is 5.55. The summed E-state index contributed by atoms with van der Waals surface area (Å²) in [7, 11) is 0. The molecule has 34 heavy (non-hydrogen) atoms. The van der Waals surface area contributed by atoms with Crippen molar-refractivity contribution >= 4 is 59.9 Å². The summed E-state index contributed by atoms with van der Waals surface area (Å²) in [5.74, 6) is 3.11. The van der Waals surface area contributed by atoms with E-state index in [2.05, 4.69) is 55.8 Å². The van der Waals surface area contributed by atoms with Crippen LogP contribution in [0.1, 0.15) is 76.0 Å². The maximum Gasteiger partial charge on any atom is 0.226 e. The van der Waals surface area contributed by atoms with Gasteiger partial charge in [0.15, 0.2) is 0 Å². The Morgan fingerprint density at radius 1 is 1.12 bits per heavy atom. The summed E-state index contributed by atoms with van der Waals surface area (Å²) in [6, 6.07) is 6.70. The molecule has 1 amide bonds. The Labute approximate surface area is 232 Å². The third-order valence-electron chi connectivity index (χ3n) is 7.61. The average Bonchev–Trinajstić information content (AvgIpc) is 3.33. The van der Waals surface area contributed by atoms with E-state index in [1.54, 1.807) is 0 Å². The number of fused-ring (bicyclic) bond motifs is 4. The maximum atomic E-state index is 13.6. The number of aromatic amines is 1. The van der Waals surface area contributed by atoms with Crippen molar-refractivity contribution in [1.29, 1.82) is 0 Å². The van der Waals surface area contributed by atoms with Gasteiger partial charge >= 0.3 is 0 Å². The van der Waals surface area contributed by atoms with E-state index in [1.165, 1.54) is 24.8 Å². The first-order valence-electron chi connectivity index (χ1n) is 11.6. The fraction of sp³-hybridized carbons (Fsp3) is 0.600. The standard InChI is InChI=1S/C25H33N3O2.4H2S/c1-14(2)16(4)25(29)28-20-8-6-5-7-17(20)12-21(28)24-26-19-13-30-22-11-15(3)9-10-18(22)23(19)27-24;;;;/h9-11,14,16-17,20-21H,5-8,12-13H2,1-4H3,(H,26,27);4*1H2/t16-,17-,20-,21-;;;;/m0..../s1. The lowest BCUT2D eigenvalue weighted by molar-refractivity contribution is -0.140. The van der Waals surface area contributed by atoms with Gasteiger partial charge < -0.3 is 14.6 Å². The molecule has 1 aliphatic carbocycles. The van der Waals surface area contributed by atoms with Crippen LogP contribution in [0.4, 0.5) is 0 Å². The number of likely N-dealkylation sites (tertiary alicyclic amines) is 1. The van der Waals surface area contributed by atoms with Crippen LogP contribution >= 0.6 is 54.0 Å². The molecular formula is C25H41N3O2S4. The molecule has 0 spiro atoms. The third-order valence-corrected chi connectivity index (χ3v) is 7.61. The second-order valence-corrected chi connectivity index (χ2v) is 9.88. The number of imidazole rings is 1. The molecule has 2 fully saturated rings. The van der Waals surface area contributed by atoms with Gasteiger partial charge in [-0.15, -0.1) is 0 Å². The molecule has 2 aromatic rings. The zero-order valence-electron chi connectivity index (χ0n) is 20.6. The van der Waals surface area contributed by atoms with E-state index in [4.69, 9.17) is 9.72 Å². The lowest BCUT2D eigenvalue weighted by Gasteiger charge is -2.36. The van der Waals surface area contributed by atoms with Gasteiger partial charge in [-0.1, -0.05) is 39.7 Å². The van der Waals surface area contributed by atoms with E-state index in [-0.39, 0.29) is 65.9 Å². The normalized spacial score (nSPS) is 23.0. The molecule has 0 bridgehead atoms. The van der Waals surface area contributed by atoms with Gasteiger partial charge in [-0.2, -0.15) is 54.0 Å². The number of carbonyl (C=O) groups is 1. The number of aryl methyl sites for hydroxylation is 1. The van der Waals surface area contributed by atoms with Gasteiger partial charge in [0.2, 0.25) is 5.91 Å². The lowest BCUT2D eigenvalue weighted by Crippen LogP contribution is -2.44. The predicted molar refractivity (Wildman–Crippen MR) is 159 cm³/mol. The van der Waals surface area contributed by atoms with Crippen LogP contribution in [-0.2, 0) is 11.4 Å². The van der Waals surface area contributed by atoms with E-state index < -0.39 is 0 Å². The van der Waals surface area contributed by atoms with Crippen LogP contribution in [0.15, 0.2) is 18.2 Å². The molecule has 1 saturated heterocycles. The van der Waals surface area contributed by atoms with E-state index in [0.717, 1.165) is 41.4 Å². The van der Waals surface area contributed by atoms with E-state index >= 15 is 0 Å². The van der Waals surface area contributed by atoms with E-state index in [9.17, 15) is 4.79 Å². The Morgan fingerprint density at radius 3 is 2.53 bits per heavy atom. The third kappa shape index (κ3) is 5.42. The second kappa shape index (κ2) is 12.4. The van der Waals surface area contributed by atoms with Gasteiger partial charge in [0.25, 0.3) is 0 Å². The Kier molecular flexibility index (Phi) is 11.3. The number of aromatic nitrogens is 2. The summed E-state index contributed by atoms with van der Waals surface area (Å²) >= 11 is 0. The van der Waals surface area contributed by atoms with Crippen LogP contribution in [0.2, 0.25) is 0 Å². The van der Waals surface area contributed by atoms with Crippen molar-refractivity contribution in [2.75, 3.05) is 0 Å². The number of hydrogen-bond donors (Lipinski definition) is 1. The van der Waals surface area contributed by atoms with Gasteiger partial charge in [-0.05, 0) is 55.7 Å². The van der Waals surface area contributed by atoms with Gasteiger partial charge in [-0.3, -0.25) is 4.79 Å². The monoisotopic (exact) mass is 543 g/mol. The quantitative estimate of drug-likeness (QED) is 0.528. The highest BCUT2D eigenvalue weighted by Gasteiger charge is 2.47. The Hall–Kier alpha value is -0.900. The molecule has 3 heterocycles. The molecule has 5 rings (SSSR count). The predicted octanol–water partition coefficient (Wildman–Crippen LogP) is 5.85. The van der Waals surface area contributed by atoms with Crippen molar-refractivity contribution in [1.82, 2.24) is 14.9 Å². The number of ether oxygens (including phenoxy) is 1. The van der Waals surface area contributed by atoms with E-state index in [1.807, 2.05) is 0 Å². The van der Waals surface area contributed by atoms with Crippen LogP contribution < -0.4 is 4.74 Å². The van der Waals surface area contributed by atoms with Crippen LogP contribution in [0, 0.1) is 24.7 Å². The number of rotatable bonds is 3.